The van der Waals surface area contributed by atoms with E-state index >= 15 is 0 Å². The third kappa shape index (κ3) is 3.48. The normalized spacial score (nSPS) is 15.1. The van der Waals surface area contributed by atoms with E-state index in [1.807, 2.05) is 30.3 Å². The van der Waals surface area contributed by atoms with Gasteiger partial charge in [0.25, 0.3) is 5.92 Å². The Morgan fingerprint density at radius 1 is 0.958 bits per heavy atom. The second-order valence-electron chi connectivity index (χ2n) is 6.72. The first-order chi connectivity index (χ1) is 11.4. The Balaban J connectivity index is 1.66. The van der Waals surface area contributed by atoms with Gasteiger partial charge in [0.1, 0.15) is 0 Å². The number of hydrogen-bond donors (Lipinski definition) is 0. The molecule has 0 unspecified atom stereocenters. The van der Waals surface area contributed by atoms with Crippen LogP contribution in [0.3, 0.4) is 0 Å². The van der Waals surface area contributed by atoms with Gasteiger partial charge >= 0.3 is 0 Å². The Hall–Kier alpha value is -2.22. The van der Waals surface area contributed by atoms with E-state index in [4.69, 9.17) is 0 Å². The SMILES string of the molecule is C=C(CCC(=C)c1ccccc1C)c1ccc2c(c1)CC(F)(F)C2. The lowest BCUT2D eigenvalue weighted by atomic mass is 9.93. The molecule has 0 bridgehead atoms. The van der Waals surface area contributed by atoms with Crippen LogP contribution in [-0.2, 0) is 12.8 Å². The zero-order valence-electron chi connectivity index (χ0n) is 14.0. The average Bonchev–Trinajstić information content (AvgIpc) is 2.85. The molecule has 0 saturated heterocycles. The fraction of sp³-hybridized carbons (Fsp3) is 0.273. The lowest BCUT2D eigenvalue weighted by Crippen LogP contribution is -2.14. The van der Waals surface area contributed by atoms with Gasteiger partial charge in [0.05, 0.1) is 0 Å². The summed E-state index contributed by atoms with van der Waals surface area (Å²) in [4.78, 5) is 0. The molecular formula is C22H22F2. The molecule has 0 nitrogen and oxygen atoms in total. The van der Waals surface area contributed by atoms with Crippen molar-refractivity contribution in [3.8, 4) is 0 Å². The van der Waals surface area contributed by atoms with E-state index in [2.05, 4.69) is 32.2 Å². The molecule has 2 aromatic rings. The summed E-state index contributed by atoms with van der Waals surface area (Å²) in [5.74, 6) is -2.60. The number of aryl methyl sites for hydroxylation is 1. The van der Waals surface area contributed by atoms with E-state index in [0.29, 0.717) is 0 Å². The Morgan fingerprint density at radius 2 is 1.62 bits per heavy atom. The summed E-state index contributed by atoms with van der Waals surface area (Å²) in [7, 11) is 0. The Morgan fingerprint density at radius 3 is 2.38 bits per heavy atom. The van der Waals surface area contributed by atoms with Crippen LogP contribution in [0.1, 0.15) is 40.7 Å². The van der Waals surface area contributed by atoms with E-state index in [1.54, 1.807) is 0 Å². The molecule has 1 aliphatic rings. The molecule has 124 valence electrons. The summed E-state index contributed by atoms with van der Waals surface area (Å²) in [6, 6.07) is 13.8. The van der Waals surface area contributed by atoms with Crippen molar-refractivity contribution in [3.05, 3.63) is 83.4 Å². The molecule has 0 amide bonds. The van der Waals surface area contributed by atoms with Crippen LogP contribution in [0.15, 0.2) is 55.6 Å². The van der Waals surface area contributed by atoms with Crippen molar-refractivity contribution in [2.24, 2.45) is 0 Å². The zero-order valence-corrected chi connectivity index (χ0v) is 14.0. The van der Waals surface area contributed by atoms with Crippen molar-refractivity contribution in [1.82, 2.24) is 0 Å². The van der Waals surface area contributed by atoms with Crippen LogP contribution in [0.25, 0.3) is 11.1 Å². The molecule has 24 heavy (non-hydrogen) atoms. The molecule has 0 aromatic heterocycles. The predicted octanol–water partition coefficient (Wildman–Crippen LogP) is 6.24. The summed E-state index contributed by atoms with van der Waals surface area (Å²) in [6.45, 7) is 10.4. The highest BCUT2D eigenvalue weighted by Crippen LogP contribution is 2.36. The van der Waals surface area contributed by atoms with Gasteiger partial charge in [-0.05, 0) is 58.7 Å². The molecule has 0 N–H and O–H groups in total. The van der Waals surface area contributed by atoms with Gasteiger partial charge in [-0.1, -0.05) is 55.6 Å². The smallest absolute Gasteiger partial charge is 0.206 e. The van der Waals surface area contributed by atoms with Crippen molar-refractivity contribution >= 4 is 11.1 Å². The Kier molecular flexibility index (Phi) is 4.40. The molecule has 0 spiro atoms. The first-order valence-corrected chi connectivity index (χ1v) is 8.27. The summed E-state index contributed by atoms with van der Waals surface area (Å²) >= 11 is 0. The number of allylic oxidation sites excluding steroid dienone is 2. The van der Waals surface area contributed by atoms with Gasteiger partial charge in [0, 0.05) is 12.8 Å². The first kappa shape index (κ1) is 16.6. The molecule has 0 heterocycles. The van der Waals surface area contributed by atoms with Crippen molar-refractivity contribution in [2.75, 3.05) is 0 Å². The molecule has 0 saturated carbocycles. The van der Waals surface area contributed by atoms with Gasteiger partial charge in [-0.2, -0.15) is 0 Å². The number of alkyl halides is 2. The van der Waals surface area contributed by atoms with Crippen molar-refractivity contribution in [2.45, 2.75) is 38.5 Å². The second-order valence-corrected chi connectivity index (χ2v) is 6.72. The minimum Gasteiger partial charge on any atom is -0.206 e. The third-order valence-electron chi connectivity index (χ3n) is 4.77. The van der Waals surface area contributed by atoms with Crippen LogP contribution < -0.4 is 0 Å². The van der Waals surface area contributed by atoms with E-state index in [-0.39, 0.29) is 12.8 Å². The second kappa shape index (κ2) is 6.35. The molecular weight excluding hydrogens is 302 g/mol. The number of hydrogen-bond acceptors (Lipinski definition) is 0. The number of fused-ring (bicyclic) bond motifs is 1. The topological polar surface area (TPSA) is 0 Å². The number of halogens is 2. The molecule has 2 heteroatoms. The monoisotopic (exact) mass is 324 g/mol. The van der Waals surface area contributed by atoms with Crippen LogP contribution in [-0.4, -0.2) is 5.92 Å². The molecule has 0 aliphatic heterocycles. The van der Waals surface area contributed by atoms with Crippen LogP contribution in [0, 0.1) is 6.92 Å². The molecule has 0 atom stereocenters. The Bertz CT molecular complexity index is 799. The van der Waals surface area contributed by atoms with Gasteiger partial charge in [0.15, 0.2) is 0 Å². The van der Waals surface area contributed by atoms with Gasteiger partial charge in [-0.3, -0.25) is 0 Å². The maximum Gasteiger partial charge on any atom is 0.256 e. The van der Waals surface area contributed by atoms with Crippen LogP contribution in [0.4, 0.5) is 8.78 Å². The maximum absolute atomic E-state index is 13.5. The number of rotatable bonds is 5. The average molecular weight is 324 g/mol. The van der Waals surface area contributed by atoms with Crippen LogP contribution >= 0.6 is 0 Å². The van der Waals surface area contributed by atoms with Gasteiger partial charge in [-0.25, -0.2) is 8.78 Å². The zero-order chi connectivity index (χ0) is 17.3. The van der Waals surface area contributed by atoms with Gasteiger partial charge in [-0.15, -0.1) is 0 Å². The number of benzene rings is 2. The van der Waals surface area contributed by atoms with E-state index in [0.717, 1.165) is 40.7 Å². The van der Waals surface area contributed by atoms with Crippen molar-refractivity contribution in [3.63, 3.8) is 0 Å². The lowest BCUT2D eigenvalue weighted by Gasteiger charge is -2.12. The summed E-state index contributed by atoms with van der Waals surface area (Å²) in [6.07, 6.45) is 1.30. The van der Waals surface area contributed by atoms with Crippen LogP contribution in [0.2, 0.25) is 0 Å². The highest BCUT2D eigenvalue weighted by molar-refractivity contribution is 5.70. The van der Waals surface area contributed by atoms with Crippen molar-refractivity contribution in [1.29, 1.82) is 0 Å². The van der Waals surface area contributed by atoms with E-state index in [9.17, 15) is 8.78 Å². The Labute approximate surface area is 142 Å². The maximum atomic E-state index is 13.5. The van der Waals surface area contributed by atoms with E-state index < -0.39 is 5.92 Å². The largest absolute Gasteiger partial charge is 0.256 e. The highest BCUT2D eigenvalue weighted by atomic mass is 19.3. The minimum atomic E-state index is -2.60. The summed E-state index contributed by atoms with van der Waals surface area (Å²) < 4.78 is 27.0. The minimum absolute atomic E-state index is 0.140. The summed E-state index contributed by atoms with van der Waals surface area (Å²) in [5, 5.41) is 0. The molecule has 1 aliphatic carbocycles. The first-order valence-electron chi connectivity index (χ1n) is 8.27. The predicted molar refractivity (Wildman–Crippen MR) is 97.3 cm³/mol. The quantitative estimate of drug-likeness (QED) is 0.611. The third-order valence-corrected chi connectivity index (χ3v) is 4.77. The highest BCUT2D eigenvalue weighted by Gasteiger charge is 2.37. The van der Waals surface area contributed by atoms with Gasteiger partial charge in [0.2, 0.25) is 0 Å². The van der Waals surface area contributed by atoms with Crippen molar-refractivity contribution < 1.29 is 8.78 Å². The summed E-state index contributed by atoms with van der Waals surface area (Å²) in [5.41, 5.74) is 6.94. The van der Waals surface area contributed by atoms with Gasteiger partial charge < -0.3 is 0 Å². The molecule has 2 aromatic carbocycles. The molecule has 0 fully saturated rings. The molecule has 3 rings (SSSR count). The fourth-order valence-electron chi connectivity index (χ4n) is 3.35. The lowest BCUT2D eigenvalue weighted by molar-refractivity contribution is 0.0130. The fourth-order valence-corrected chi connectivity index (χ4v) is 3.35. The molecule has 0 radical (unpaired) electrons. The van der Waals surface area contributed by atoms with Crippen LogP contribution in [0.5, 0.6) is 0 Å². The standard InChI is InChI=1S/C22H22F2/c1-15(8-9-17(3)21-7-5-4-6-16(21)2)18-10-11-19-13-22(23,24)14-20(19)12-18/h4-7,10-12H,1,3,8-9,13-14H2,2H3. The van der Waals surface area contributed by atoms with E-state index in [1.165, 1.54) is 11.1 Å².